The molecule has 6 N–H and O–H groups in total. The zero-order chi connectivity index (χ0) is 29.5. The molecule has 0 saturated carbocycles. The lowest BCUT2D eigenvalue weighted by Gasteiger charge is -2.32. The molecule has 0 bridgehead atoms. The zero-order valence-electron chi connectivity index (χ0n) is 26.7. The molecule has 2 amide bonds. The highest BCUT2D eigenvalue weighted by molar-refractivity contribution is 5.76. The van der Waals surface area contributed by atoms with Gasteiger partial charge in [0.25, 0.3) is 0 Å². The Labute approximate surface area is 235 Å². The summed E-state index contributed by atoms with van der Waals surface area (Å²) in [7, 11) is 0. The molecule has 0 saturated heterocycles. The monoisotopic (exact) mass is 541 g/mol. The molecule has 0 aromatic heterocycles. The van der Waals surface area contributed by atoms with Crippen LogP contribution in [0.25, 0.3) is 0 Å². The Bertz CT molecular complexity index is 665. The summed E-state index contributed by atoms with van der Waals surface area (Å²) in [6.45, 7) is 29.8. The molecule has 0 aliphatic carbocycles. The van der Waals surface area contributed by atoms with Crippen LogP contribution in [0.2, 0.25) is 0 Å². The molecule has 0 atom stereocenters. The van der Waals surface area contributed by atoms with E-state index in [0.717, 1.165) is 45.6 Å². The van der Waals surface area contributed by atoms with E-state index in [-0.39, 0.29) is 33.5 Å². The number of nitrogens with zero attached hydrogens (tertiary/aromatic N) is 1. The van der Waals surface area contributed by atoms with Gasteiger partial charge in [0, 0.05) is 78.3 Å². The fourth-order valence-corrected chi connectivity index (χ4v) is 5.49. The van der Waals surface area contributed by atoms with Gasteiger partial charge in [0.15, 0.2) is 0 Å². The van der Waals surface area contributed by atoms with Gasteiger partial charge in [-0.05, 0) is 34.5 Å². The second-order valence-corrected chi connectivity index (χ2v) is 15.0. The predicted molar refractivity (Wildman–Crippen MR) is 162 cm³/mol. The highest BCUT2D eigenvalue weighted by atomic mass is 16.2. The van der Waals surface area contributed by atoms with Crippen molar-refractivity contribution in [2.24, 2.45) is 27.4 Å². The van der Waals surface area contributed by atoms with Crippen LogP contribution in [0, 0.1) is 21.7 Å². The second-order valence-electron chi connectivity index (χ2n) is 15.0. The van der Waals surface area contributed by atoms with Crippen molar-refractivity contribution in [2.75, 3.05) is 65.4 Å². The van der Waals surface area contributed by atoms with Crippen molar-refractivity contribution < 1.29 is 9.59 Å². The van der Waals surface area contributed by atoms with Gasteiger partial charge in [0.2, 0.25) is 11.8 Å². The Morgan fingerprint density at radius 3 is 1.50 bits per heavy atom. The van der Waals surface area contributed by atoms with Gasteiger partial charge in [0.05, 0.1) is 0 Å². The van der Waals surface area contributed by atoms with Crippen molar-refractivity contribution in [3.05, 3.63) is 0 Å². The van der Waals surface area contributed by atoms with Crippen LogP contribution in [0.5, 0.6) is 0 Å². The number of rotatable bonds is 20. The Kier molecular flexibility index (Phi) is 16.9. The Balaban J connectivity index is 4.01. The molecule has 0 aromatic carbocycles. The van der Waals surface area contributed by atoms with Crippen LogP contribution in [-0.2, 0) is 9.59 Å². The average Bonchev–Trinajstić information content (AvgIpc) is 2.73. The third-order valence-corrected chi connectivity index (χ3v) is 6.26. The van der Waals surface area contributed by atoms with Gasteiger partial charge in [-0.2, -0.15) is 0 Å². The highest BCUT2D eigenvalue weighted by Gasteiger charge is 2.26. The van der Waals surface area contributed by atoms with E-state index < -0.39 is 0 Å². The molecule has 0 unspecified atom stereocenters. The number of carbonyl (C=O) groups excluding carboxylic acids is 2. The lowest BCUT2D eigenvalue weighted by molar-refractivity contribution is -0.122. The topological polar surface area (TPSA) is 112 Å². The summed E-state index contributed by atoms with van der Waals surface area (Å²) in [5.41, 5.74) is 6.45. The molecular weight excluding hydrogens is 476 g/mol. The molecule has 8 nitrogen and oxygen atoms in total. The number of amides is 2. The van der Waals surface area contributed by atoms with Crippen molar-refractivity contribution in [1.29, 1.82) is 0 Å². The van der Waals surface area contributed by atoms with E-state index in [1.165, 1.54) is 0 Å². The van der Waals surface area contributed by atoms with Crippen molar-refractivity contribution >= 4 is 11.8 Å². The van der Waals surface area contributed by atoms with Crippen LogP contribution in [-0.4, -0.2) is 82.2 Å². The summed E-state index contributed by atoms with van der Waals surface area (Å²) < 4.78 is 0. The summed E-state index contributed by atoms with van der Waals surface area (Å²) in [6, 6.07) is 0. The summed E-state index contributed by atoms with van der Waals surface area (Å²) in [5.74, 6) is 0.208. The van der Waals surface area contributed by atoms with E-state index in [0.29, 0.717) is 45.6 Å². The maximum Gasteiger partial charge on any atom is 0.221 e. The first-order valence-electron chi connectivity index (χ1n) is 14.7. The number of nitrogens with one attached hydrogen (secondary N) is 4. The number of nitrogens with two attached hydrogens (primary N) is 1. The molecule has 38 heavy (non-hydrogen) atoms. The minimum absolute atomic E-state index is 0.0790. The second kappa shape index (κ2) is 17.5. The van der Waals surface area contributed by atoms with Gasteiger partial charge in [0.1, 0.15) is 0 Å². The zero-order valence-corrected chi connectivity index (χ0v) is 26.7. The standard InChI is InChI=1S/C30H64N6O2/c1-27(2,3)21-29(7,8)23-34-25(37)11-14-32-15-16-33-17-20-36(19-13-31)18-12-26(38)35-24-30(9,10)22-28(4,5)6/h32-33H,11-24,31H2,1-10H3,(H,34,37)(H,35,38). The van der Waals surface area contributed by atoms with E-state index in [2.05, 4.69) is 95.4 Å². The summed E-state index contributed by atoms with van der Waals surface area (Å²) in [6.07, 6.45) is 3.10. The maximum atomic E-state index is 12.4. The van der Waals surface area contributed by atoms with Gasteiger partial charge in [-0.25, -0.2) is 0 Å². The quantitative estimate of drug-likeness (QED) is 0.151. The van der Waals surface area contributed by atoms with Crippen LogP contribution in [0.1, 0.15) is 94.9 Å². The van der Waals surface area contributed by atoms with E-state index in [1.54, 1.807) is 0 Å². The van der Waals surface area contributed by atoms with Crippen molar-refractivity contribution in [2.45, 2.75) is 94.9 Å². The van der Waals surface area contributed by atoms with Crippen LogP contribution in [0.3, 0.4) is 0 Å². The lowest BCUT2D eigenvalue weighted by atomic mass is 9.76. The SMILES string of the molecule is CC(C)(C)CC(C)(C)CNC(=O)CCNCCNCCN(CCN)CCC(=O)NCC(C)(C)CC(C)(C)C. The van der Waals surface area contributed by atoms with Crippen LogP contribution in [0.4, 0.5) is 0 Å². The Morgan fingerprint density at radius 1 is 0.605 bits per heavy atom. The first-order chi connectivity index (χ1) is 17.3. The van der Waals surface area contributed by atoms with Gasteiger partial charge in [-0.3, -0.25) is 9.59 Å². The van der Waals surface area contributed by atoms with Crippen molar-refractivity contribution in [3.8, 4) is 0 Å². The number of hydrogen-bond donors (Lipinski definition) is 5. The molecule has 0 heterocycles. The van der Waals surface area contributed by atoms with E-state index in [9.17, 15) is 9.59 Å². The van der Waals surface area contributed by atoms with Crippen molar-refractivity contribution in [3.63, 3.8) is 0 Å². The molecule has 0 aromatic rings. The Morgan fingerprint density at radius 2 is 1.05 bits per heavy atom. The van der Waals surface area contributed by atoms with Gasteiger partial charge >= 0.3 is 0 Å². The fraction of sp³-hybridized carbons (Fsp3) is 0.933. The molecular formula is C30H64N6O2. The third kappa shape index (κ3) is 22.7. The summed E-state index contributed by atoms with van der Waals surface area (Å²) >= 11 is 0. The van der Waals surface area contributed by atoms with Crippen LogP contribution < -0.4 is 27.0 Å². The van der Waals surface area contributed by atoms with E-state index in [4.69, 9.17) is 5.73 Å². The van der Waals surface area contributed by atoms with Crippen molar-refractivity contribution in [1.82, 2.24) is 26.2 Å². The molecule has 226 valence electrons. The molecule has 0 radical (unpaired) electrons. The molecule has 0 aliphatic rings. The molecule has 0 fully saturated rings. The fourth-order valence-electron chi connectivity index (χ4n) is 5.49. The molecule has 0 spiro atoms. The summed E-state index contributed by atoms with van der Waals surface area (Å²) in [4.78, 5) is 26.8. The maximum absolute atomic E-state index is 12.4. The largest absolute Gasteiger partial charge is 0.356 e. The molecule has 8 heteroatoms. The number of carbonyl (C=O) groups is 2. The third-order valence-electron chi connectivity index (χ3n) is 6.26. The van der Waals surface area contributed by atoms with Gasteiger partial charge < -0.3 is 31.9 Å². The molecule has 0 aliphatic heterocycles. The minimum atomic E-state index is 0.0790. The lowest BCUT2D eigenvalue weighted by Crippen LogP contribution is -2.41. The number of hydrogen-bond acceptors (Lipinski definition) is 6. The predicted octanol–water partition coefficient (Wildman–Crippen LogP) is 3.36. The Hall–Kier alpha value is -1.22. The van der Waals surface area contributed by atoms with E-state index in [1.807, 2.05) is 0 Å². The average molecular weight is 541 g/mol. The first kappa shape index (κ1) is 36.8. The highest BCUT2D eigenvalue weighted by Crippen LogP contribution is 2.33. The van der Waals surface area contributed by atoms with Crippen LogP contribution >= 0.6 is 0 Å². The first-order valence-corrected chi connectivity index (χ1v) is 14.7. The molecule has 0 rings (SSSR count). The van der Waals surface area contributed by atoms with Gasteiger partial charge in [-0.15, -0.1) is 0 Å². The summed E-state index contributed by atoms with van der Waals surface area (Å²) in [5, 5.41) is 13.0. The smallest absolute Gasteiger partial charge is 0.221 e. The van der Waals surface area contributed by atoms with Gasteiger partial charge in [-0.1, -0.05) is 69.2 Å². The normalized spacial score (nSPS) is 13.2. The van der Waals surface area contributed by atoms with E-state index >= 15 is 0 Å². The van der Waals surface area contributed by atoms with Crippen LogP contribution in [0.15, 0.2) is 0 Å². The minimum Gasteiger partial charge on any atom is -0.356 e.